The minimum absolute atomic E-state index is 0.136. The molecule has 0 bridgehead atoms. The molecule has 3 unspecified atom stereocenters. The minimum Gasteiger partial charge on any atom is -0.327 e. The Labute approximate surface area is 116 Å². The molecule has 106 valence electrons. The van der Waals surface area contributed by atoms with E-state index in [0.717, 1.165) is 12.8 Å². The molecular formula is C15H23NO2S. The number of hydrogen-bond acceptors (Lipinski definition) is 3. The first-order valence-corrected chi connectivity index (χ1v) is 8.86. The fourth-order valence-corrected chi connectivity index (χ4v) is 3.56. The lowest BCUT2D eigenvalue weighted by molar-refractivity contribution is 0.527. The second-order valence-electron chi connectivity index (χ2n) is 5.46. The van der Waals surface area contributed by atoms with Gasteiger partial charge in [0.1, 0.15) is 9.84 Å². The molecule has 19 heavy (non-hydrogen) atoms. The van der Waals surface area contributed by atoms with Crippen molar-refractivity contribution in [3.63, 3.8) is 0 Å². The van der Waals surface area contributed by atoms with Gasteiger partial charge in [0.05, 0.1) is 5.75 Å². The molecular weight excluding hydrogens is 258 g/mol. The maximum atomic E-state index is 11.4. The largest absolute Gasteiger partial charge is 0.327 e. The fourth-order valence-electron chi connectivity index (χ4n) is 2.67. The molecule has 2 rings (SSSR count). The second kappa shape index (κ2) is 6.06. The summed E-state index contributed by atoms with van der Waals surface area (Å²) in [6, 6.07) is 10.6. The number of nitrogens with two attached hydrogens (primary N) is 1. The molecule has 1 aliphatic carbocycles. The standard InChI is InChI=1S/C15H23NO2S/c1-2-19(17,18)10-6-9-15(16)14-11-13(14)12-7-4-3-5-8-12/h3-5,7-8,13-15H,2,6,9-11,16H2,1H3. The van der Waals surface area contributed by atoms with E-state index < -0.39 is 9.84 Å². The van der Waals surface area contributed by atoms with Crippen LogP contribution in [0.1, 0.15) is 37.7 Å². The van der Waals surface area contributed by atoms with Crippen LogP contribution in [0.3, 0.4) is 0 Å². The van der Waals surface area contributed by atoms with Gasteiger partial charge in [-0.3, -0.25) is 0 Å². The molecule has 0 aliphatic heterocycles. The highest BCUT2D eigenvalue weighted by atomic mass is 32.2. The second-order valence-corrected chi connectivity index (χ2v) is 7.93. The molecule has 1 fully saturated rings. The molecule has 0 saturated heterocycles. The topological polar surface area (TPSA) is 60.2 Å². The first-order valence-electron chi connectivity index (χ1n) is 7.04. The summed E-state index contributed by atoms with van der Waals surface area (Å²) < 4.78 is 22.8. The zero-order valence-electron chi connectivity index (χ0n) is 11.5. The Bertz CT molecular complexity index is 498. The van der Waals surface area contributed by atoms with Crippen LogP contribution in [0.4, 0.5) is 0 Å². The van der Waals surface area contributed by atoms with Crippen LogP contribution in [0.25, 0.3) is 0 Å². The lowest BCUT2D eigenvalue weighted by atomic mass is 10.0. The summed E-state index contributed by atoms with van der Waals surface area (Å²) in [5.74, 6) is 1.63. The van der Waals surface area contributed by atoms with E-state index in [1.54, 1.807) is 6.92 Å². The molecule has 0 radical (unpaired) electrons. The minimum atomic E-state index is -2.84. The summed E-state index contributed by atoms with van der Waals surface area (Å²) >= 11 is 0. The van der Waals surface area contributed by atoms with Crippen LogP contribution in [0.5, 0.6) is 0 Å². The van der Waals surface area contributed by atoms with Crippen molar-refractivity contribution < 1.29 is 8.42 Å². The summed E-state index contributed by atoms with van der Waals surface area (Å²) in [7, 11) is -2.84. The Balaban J connectivity index is 1.76. The van der Waals surface area contributed by atoms with Crippen LogP contribution >= 0.6 is 0 Å². The lowest BCUT2D eigenvalue weighted by Gasteiger charge is -2.11. The van der Waals surface area contributed by atoms with Crippen LogP contribution in [0.15, 0.2) is 30.3 Å². The van der Waals surface area contributed by atoms with Crippen molar-refractivity contribution in [3.05, 3.63) is 35.9 Å². The maximum Gasteiger partial charge on any atom is 0.150 e. The van der Waals surface area contributed by atoms with Crippen LogP contribution < -0.4 is 5.73 Å². The molecule has 2 N–H and O–H groups in total. The third-order valence-electron chi connectivity index (χ3n) is 4.05. The molecule has 1 aromatic carbocycles. The molecule has 3 nitrogen and oxygen atoms in total. The normalized spacial score (nSPS) is 24.1. The predicted molar refractivity (Wildman–Crippen MR) is 78.8 cm³/mol. The Kier molecular flexibility index (Phi) is 4.63. The monoisotopic (exact) mass is 281 g/mol. The van der Waals surface area contributed by atoms with E-state index >= 15 is 0 Å². The van der Waals surface area contributed by atoms with E-state index in [1.807, 2.05) is 6.07 Å². The van der Waals surface area contributed by atoms with Gasteiger partial charge in [0, 0.05) is 11.8 Å². The van der Waals surface area contributed by atoms with E-state index in [9.17, 15) is 8.42 Å². The van der Waals surface area contributed by atoms with Gasteiger partial charge in [-0.05, 0) is 36.7 Å². The Morgan fingerprint density at radius 1 is 1.32 bits per heavy atom. The molecule has 4 heteroatoms. The van der Waals surface area contributed by atoms with Crippen molar-refractivity contribution >= 4 is 9.84 Å². The van der Waals surface area contributed by atoms with Gasteiger partial charge in [0.25, 0.3) is 0 Å². The van der Waals surface area contributed by atoms with Gasteiger partial charge in [-0.15, -0.1) is 0 Å². The average molecular weight is 281 g/mol. The van der Waals surface area contributed by atoms with Crippen LogP contribution in [-0.4, -0.2) is 26.0 Å². The number of benzene rings is 1. The zero-order chi connectivity index (χ0) is 13.9. The Hall–Kier alpha value is -0.870. The Morgan fingerprint density at radius 3 is 2.63 bits per heavy atom. The third-order valence-corrected chi connectivity index (χ3v) is 5.84. The van der Waals surface area contributed by atoms with E-state index in [0.29, 0.717) is 18.3 Å². The van der Waals surface area contributed by atoms with Crippen molar-refractivity contribution in [2.75, 3.05) is 11.5 Å². The summed E-state index contributed by atoms with van der Waals surface area (Å²) in [6.07, 6.45) is 2.65. The van der Waals surface area contributed by atoms with Crippen LogP contribution in [0, 0.1) is 5.92 Å². The van der Waals surface area contributed by atoms with Crippen molar-refractivity contribution in [1.82, 2.24) is 0 Å². The van der Waals surface area contributed by atoms with Gasteiger partial charge in [0.15, 0.2) is 0 Å². The van der Waals surface area contributed by atoms with Gasteiger partial charge in [-0.1, -0.05) is 37.3 Å². The van der Waals surface area contributed by atoms with Crippen molar-refractivity contribution in [3.8, 4) is 0 Å². The van der Waals surface area contributed by atoms with Gasteiger partial charge >= 0.3 is 0 Å². The highest BCUT2D eigenvalue weighted by molar-refractivity contribution is 7.91. The van der Waals surface area contributed by atoms with Crippen molar-refractivity contribution in [2.24, 2.45) is 11.7 Å². The number of rotatable bonds is 7. The van der Waals surface area contributed by atoms with Crippen molar-refractivity contribution in [1.29, 1.82) is 0 Å². The lowest BCUT2D eigenvalue weighted by Crippen LogP contribution is -2.24. The van der Waals surface area contributed by atoms with Gasteiger partial charge in [0.2, 0.25) is 0 Å². The van der Waals surface area contributed by atoms with Crippen molar-refractivity contribution in [2.45, 2.75) is 38.1 Å². The molecule has 0 amide bonds. The van der Waals surface area contributed by atoms with E-state index in [1.165, 1.54) is 5.56 Å². The quantitative estimate of drug-likeness (QED) is 0.834. The average Bonchev–Trinajstić information content (AvgIpc) is 3.20. The summed E-state index contributed by atoms with van der Waals surface area (Å²) in [6.45, 7) is 1.70. The van der Waals surface area contributed by atoms with E-state index in [-0.39, 0.29) is 17.5 Å². The van der Waals surface area contributed by atoms with Gasteiger partial charge in [-0.2, -0.15) is 0 Å². The highest BCUT2D eigenvalue weighted by Gasteiger charge is 2.41. The fraction of sp³-hybridized carbons (Fsp3) is 0.600. The van der Waals surface area contributed by atoms with E-state index in [2.05, 4.69) is 24.3 Å². The summed E-state index contributed by atoms with van der Waals surface area (Å²) in [4.78, 5) is 0. The maximum absolute atomic E-state index is 11.4. The number of sulfone groups is 1. The van der Waals surface area contributed by atoms with Gasteiger partial charge in [-0.25, -0.2) is 8.42 Å². The highest BCUT2D eigenvalue weighted by Crippen LogP contribution is 2.49. The first kappa shape index (κ1) is 14.5. The smallest absolute Gasteiger partial charge is 0.150 e. The molecule has 0 aromatic heterocycles. The molecule has 1 saturated carbocycles. The summed E-state index contributed by atoms with van der Waals surface area (Å²) in [5.41, 5.74) is 7.55. The van der Waals surface area contributed by atoms with E-state index in [4.69, 9.17) is 5.73 Å². The molecule has 3 atom stereocenters. The SMILES string of the molecule is CCS(=O)(=O)CCCC(N)C1CC1c1ccccc1. The summed E-state index contributed by atoms with van der Waals surface area (Å²) in [5, 5.41) is 0. The molecule has 0 heterocycles. The Morgan fingerprint density at radius 2 is 2.00 bits per heavy atom. The van der Waals surface area contributed by atoms with Crippen LogP contribution in [0.2, 0.25) is 0 Å². The molecule has 1 aromatic rings. The predicted octanol–water partition coefficient (Wildman–Crippen LogP) is 2.33. The van der Waals surface area contributed by atoms with Gasteiger partial charge < -0.3 is 5.73 Å². The number of hydrogen-bond donors (Lipinski definition) is 1. The third kappa shape index (κ3) is 4.05. The first-order chi connectivity index (χ1) is 9.03. The zero-order valence-corrected chi connectivity index (χ0v) is 12.3. The molecule has 0 spiro atoms. The molecule has 1 aliphatic rings. The van der Waals surface area contributed by atoms with Crippen LogP contribution in [-0.2, 0) is 9.84 Å².